The van der Waals surface area contributed by atoms with Crippen molar-refractivity contribution in [1.82, 2.24) is 9.78 Å². The molecule has 5 heteroatoms. The second-order valence-electron chi connectivity index (χ2n) is 4.92. The molecular formula is C15H16N2O3. The van der Waals surface area contributed by atoms with E-state index in [2.05, 4.69) is 18.9 Å². The number of carboxylic acid groups (broad SMARTS) is 1. The SMILES string of the molecule is CC(C)c1ccc(Cn2nc(C(=O)O)ccc2=O)cc1. The molecule has 0 radical (unpaired) electrons. The number of rotatable bonds is 4. The minimum Gasteiger partial charge on any atom is -0.476 e. The summed E-state index contributed by atoms with van der Waals surface area (Å²) < 4.78 is 1.16. The topological polar surface area (TPSA) is 72.2 Å². The van der Waals surface area contributed by atoms with Crippen molar-refractivity contribution in [1.29, 1.82) is 0 Å². The second kappa shape index (κ2) is 5.69. The highest BCUT2D eigenvalue weighted by Gasteiger charge is 2.08. The van der Waals surface area contributed by atoms with Gasteiger partial charge in [0.1, 0.15) is 0 Å². The number of hydrogen-bond acceptors (Lipinski definition) is 3. The molecule has 0 amide bonds. The maximum Gasteiger partial charge on any atom is 0.356 e. The van der Waals surface area contributed by atoms with E-state index in [1.807, 2.05) is 24.3 Å². The minimum atomic E-state index is -1.14. The predicted octanol–water partition coefficient (Wildman–Crippen LogP) is 2.11. The molecule has 0 spiro atoms. The zero-order valence-corrected chi connectivity index (χ0v) is 11.4. The Bertz CT molecular complexity index is 672. The summed E-state index contributed by atoms with van der Waals surface area (Å²) in [5.41, 5.74) is 1.67. The molecule has 1 aromatic carbocycles. The summed E-state index contributed by atoms with van der Waals surface area (Å²) in [7, 11) is 0. The third-order valence-corrected chi connectivity index (χ3v) is 3.06. The number of aromatic carboxylic acids is 1. The molecule has 0 aliphatic rings. The van der Waals surface area contributed by atoms with Gasteiger partial charge in [-0.25, -0.2) is 9.48 Å². The van der Waals surface area contributed by atoms with Gasteiger partial charge < -0.3 is 5.11 Å². The van der Waals surface area contributed by atoms with E-state index in [4.69, 9.17) is 5.11 Å². The highest BCUT2D eigenvalue weighted by Crippen LogP contribution is 2.14. The van der Waals surface area contributed by atoms with Crippen molar-refractivity contribution in [2.45, 2.75) is 26.3 Å². The molecule has 0 saturated carbocycles. The van der Waals surface area contributed by atoms with Crippen molar-refractivity contribution in [2.75, 3.05) is 0 Å². The molecule has 1 heterocycles. The van der Waals surface area contributed by atoms with E-state index in [1.165, 1.54) is 17.7 Å². The third kappa shape index (κ3) is 3.12. The van der Waals surface area contributed by atoms with E-state index >= 15 is 0 Å². The lowest BCUT2D eigenvalue weighted by Crippen LogP contribution is -2.24. The van der Waals surface area contributed by atoms with Crippen molar-refractivity contribution >= 4 is 5.97 Å². The van der Waals surface area contributed by atoms with Crippen LogP contribution in [0.4, 0.5) is 0 Å². The Labute approximate surface area is 116 Å². The van der Waals surface area contributed by atoms with Crippen molar-refractivity contribution in [3.05, 3.63) is 63.6 Å². The summed E-state index contributed by atoms with van der Waals surface area (Å²) >= 11 is 0. The molecule has 0 aliphatic carbocycles. The van der Waals surface area contributed by atoms with E-state index in [-0.39, 0.29) is 17.8 Å². The zero-order valence-electron chi connectivity index (χ0n) is 11.4. The fraction of sp³-hybridized carbons (Fsp3) is 0.267. The van der Waals surface area contributed by atoms with Crippen LogP contribution < -0.4 is 5.56 Å². The normalized spacial score (nSPS) is 10.8. The molecule has 5 nitrogen and oxygen atoms in total. The van der Waals surface area contributed by atoms with Crippen molar-refractivity contribution in [3.63, 3.8) is 0 Å². The van der Waals surface area contributed by atoms with Crippen LogP contribution in [0.5, 0.6) is 0 Å². The summed E-state index contributed by atoms with van der Waals surface area (Å²) in [6, 6.07) is 10.3. The predicted molar refractivity (Wildman–Crippen MR) is 75.1 cm³/mol. The van der Waals surface area contributed by atoms with E-state index < -0.39 is 5.97 Å². The molecule has 0 bridgehead atoms. The van der Waals surface area contributed by atoms with E-state index in [0.29, 0.717) is 5.92 Å². The summed E-state index contributed by atoms with van der Waals surface area (Å²) in [4.78, 5) is 22.5. The largest absolute Gasteiger partial charge is 0.476 e. The van der Waals surface area contributed by atoms with Gasteiger partial charge in [-0.3, -0.25) is 4.79 Å². The maximum absolute atomic E-state index is 11.7. The van der Waals surface area contributed by atoms with Gasteiger partial charge in [-0.05, 0) is 23.1 Å². The summed E-state index contributed by atoms with van der Waals surface area (Å²) in [5.74, 6) is -0.700. The molecule has 2 aromatic rings. The number of benzene rings is 1. The number of carbonyl (C=O) groups is 1. The first-order chi connectivity index (χ1) is 9.47. The van der Waals surface area contributed by atoms with Crippen LogP contribution in [-0.4, -0.2) is 20.9 Å². The Morgan fingerprint density at radius 2 is 1.85 bits per heavy atom. The average Bonchev–Trinajstić information content (AvgIpc) is 2.41. The first-order valence-corrected chi connectivity index (χ1v) is 6.37. The molecule has 0 fully saturated rings. The number of carboxylic acids is 1. The highest BCUT2D eigenvalue weighted by atomic mass is 16.4. The lowest BCUT2D eigenvalue weighted by molar-refractivity contribution is 0.0687. The van der Waals surface area contributed by atoms with Gasteiger partial charge in [0.25, 0.3) is 5.56 Å². The van der Waals surface area contributed by atoms with Gasteiger partial charge in [0.15, 0.2) is 5.69 Å². The molecular weight excluding hydrogens is 256 g/mol. The first-order valence-electron chi connectivity index (χ1n) is 6.37. The molecule has 1 N–H and O–H groups in total. The molecule has 2 rings (SSSR count). The number of aromatic nitrogens is 2. The molecule has 0 aliphatic heterocycles. The summed E-state index contributed by atoms with van der Waals surface area (Å²) in [5, 5.41) is 12.7. The molecule has 1 aromatic heterocycles. The summed E-state index contributed by atoms with van der Waals surface area (Å²) in [6.07, 6.45) is 0. The van der Waals surface area contributed by atoms with Gasteiger partial charge in [-0.1, -0.05) is 38.1 Å². The fourth-order valence-corrected chi connectivity index (χ4v) is 1.86. The van der Waals surface area contributed by atoms with Crippen molar-refractivity contribution < 1.29 is 9.90 Å². The first kappa shape index (κ1) is 14.0. The van der Waals surface area contributed by atoms with Crippen LogP contribution >= 0.6 is 0 Å². The Morgan fingerprint density at radius 3 is 2.40 bits per heavy atom. The lowest BCUT2D eigenvalue weighted by Gasteiger charge is -2.08. The number of nitrogens with zero attached hydrogens (tertiary/aromatic N) is 2. The average molecular weight is 272 g/mol. The van der Waals surface area contributed by atoms with Crippen LogP contribution in [0.2, 0.25) is 0 Å². The Morgan fingerprint density at radius 1 is 1.20 bits per heavy atom. The van der Waals surface area contributed by atoms with Crippen molar-refractivity contribution in [2.24, 2.45) is 0 Å². The van der Waals surface area contributed by atoms with Crippen LogP contribution in [0.1, 0.15) is 41.4 Å². The zero-order chi connectivity index (χ0) is 14.7. The van der Waals surface area contributed by atoms with E-state index in [1.54, 1.807) is 0 Å². The van der Waals surface area contributed by atoms with Crippen LogP contribution in [-0.2, 0) is 6.54 Å². The van der Waals surface area contributed by atoms with Gasteiger partial charge in [0.2, 0.25) is 0 Å². The molecule has 0 atom stereocenters. The van der Waals surface area contributed by atoms with Crippen LogP contribution in [0.15, 0.2) is 41.2 Å². The Hall–Kier alpha value is -2.43. The van der Waals surface area contributed by atoms with Gasteiger partial charge in [-0.15, -0.1) is 0 Å². The highest BCUT2D eigenvalue weighted by molar-refractivity contribution is 5.84. The monoisotopic (exact) mass is 272 g/mol. The summed E-state index contributed by atoms with van der Waals surface area (Å²) in [6.45, 7) is 4.48. The Kier molecular flexibility index (Phi) is 3.98. The van der Waals surface area contributed by atoms with Crippen molar-refractivity contribution in [3.8, 4) is 0 Å². The number of hydrogen-bond donors (Lipinski definition) is 1. The van der Waals surface area contributed by atoms with Gasteiger partial charge in [0.05, 0.1) is 6.54 Å². The van der Waals surface area contributed by atoms with Crippen LogP contribution in [0.3, 0.4) is 0 Å². The van der Waals surface area contributed by atoms with Crippen LogP contribution in [0, 0.1) is 0 Å². The van der Waals surface area contributed by atoms with Gasteiger partial charge in [-0.2, -0.15) is 5.10 Å². The van der Waals surface area contributed by atoms with E-state index in [9.17, 15) is 9.59 Å². The van der Waals surface area contributed by atoms with Gasteiger partial charge >= 0.3 is 5.97 Å². The standard InChI is InChI=1S/C15H16N2O3/c1-10(2)12-5-3-11(4-6-12)9-17-14(18)8-7-13(16-17)15(19)20/h3-8,10H,9H2,1-2H3,(H,19,20). The van der Waals surface area contributed by atoms with Crippen LogP contribution in [0.25, 0.3) is 0 Å². The fourth-order valence-electron chi connectivity index (χ4n) is 1.86. The molecule has 0 saturated heterocycles. The maximum atomic E-state index is 11.7. The molecule has 104 valence electrons. The lowest BCUT2D eigenvalue weighted by atomic mass is 10.0. The minimum absolute atomic E-state index is 0.136. The second-order valence-corrected chi connectivity index (χ2v) is 4.92. The third-order valence-electron chi connectivity index (χ3n) is 3.06. The molecule has 20 heavy (non-hydrogen) atoms. The van der Waals surface area contributed by atoms with Gasteiger partial charge in [0, 0.05) is 6.07 Å². The molecule has 0 unspecified atom stereocenters. The van der Waals surface area contributed by atoms with E-state index in [0.717, 1.165) is 10.2 Å². The smallest absolute Gasteiger partial charge is 0.356 e. The quantitative estimate of drug-likeness (QED) is 0.925. The Balaban J connectivity index is 2.27.